The van der Waals surface area contributed by atoms with Gasteiger partial charge in [-0.05, 0) is 70.2 Å². The summed E-state index contributed by atoms with van der Waals surface area (Å²) in [7, 11) is 2.51. The molecule has 346 valence electrons. The van der Waals surface area contributed by atoms with Gasteiger partial charge in [0.05, 0.1) is 57.3 Å². The number of carbonyl (C=O) groups is 5. The van der Waals surface area contributed by atoms with Gasteiger partial charge in [0.1, 0.15) is 35.6 Å². The number of imidazole rings is 2. The van der Waals surface area contributed by atoms with Crippen molar-refractivity contribution in [1.82, 2.24) is 50.2 Å². The van der Waals surface area contributed by atoms with E-state index < -0.39 is 30.3 Å². The van der Waals surface area contributed by atoms with Gasteiger partial charge in [0, 0.05) is 19.6 Å². The van der Waals surface area contributed by atoms with Crippen LogP contribution in [-0.2, 0) is 32.2 Å². The minimum absolute atomic E-state index is 0.0444. The predicted molar refractivity (Wildman–Crippen MR) is 241 cm³/mol. The van der Waals surface area contributed by atoms with E-state index in [2.05, 4.69) is 25.6 Å². The lowest BCUT2D eigenvalue weighted by molar-refractivity contribution is -0.136. The number of H-pyrrole nitrogens is 2. The van der Waals surface area contributed by atoms with Gasteiger partial charge < -0.3 is 49.7 Å². The van der Waals surface area contributed by atoms with Gasteiger partial charge in [-0.3, -0.25) is 9.59 Å². The number of aromatic nitrogens is 4. The van der Waals surface area contributed by atoms with Crippen molar-refractivity contribution in [3.05, 3.63) is 108 Å². The number of likely N-dealkylation sites (tertiary alicyclic amines) is 1. The van der Waals surface area contributed by atoms with E-state index in [4.69, 9.17) is 14.5 Å². The zero-order valence-electron chi connectivity index (χ0n) is 37.8. The van der Waals surface area contributed by atoms with E-state index in [-0.39, 0.29) is 61.3 Å². The van der Waals surface area contributed by atoms with Crippen molar-refractivity contribution in [2.24, 2.45) is 11.8 Å². The summed E-state index contributed by atoms with van der Waals surface area (Å²) in [6.07, 6.45) is 3.67. The third-order valence-electron chi connectivity index (χ3n) is 12.7. The molecule has 2 saturated heterocycles. The van der Waals surface area contributed by atoms with Gasteiger partial charge in [-0.25, -0.2) is 28.7 Å². The van der Waals surface area contributed by atoms with E-state index in [1.165, 1.54) is 26.4 Å². The van der Waals surface area contributed by atoms with Gasteiger partial charge in [-0.15, -0.1) is 0 Å². The molecule has 0 aliphatic carbocycles. The van der Waals surface area contributed by atoms with Crippen LogP contribution in [0.4, 0.5) is 18.8 Å². The Morgan fingerprint density at radius 2 is 1.17 bits per heavy atom. The minimum atomic E-state index is -0.927. The Balaban J connectivity index is 0.959. The number of nitrogens with one attached hydrogen (secondary N) is 4. The molecule has 0 bridgehead atoms. The molecule has 18 heteroatoms. The van der Waals surface area contributed by atoms with Crippen molar-refractivity contribution in [2.45, 2.75) is 77.8 Å². The molecule has 4 atom stereocenters. The normalized spacial score (nSPS) is 17.8. The lowest BCUT2D eigenvalue weighted by Crippen LogP contribution is -2.52. The third kappa shape index (κ3) is 9.30. The van der Waals surface area contributed by atoms with E-state index in [9.17, 15) is 28.4 Å². The van der Waals surface area contributed by atoms with E-state index in [1.807, 2.05) is 76.2 Å². The molecule has 66 heavy (non-hydrogen) atoms. The molecule has 5 heterocycles. The minimum Gasteiger partial charge on any atom is -0.453 e. The monoisotopic (exact) mass is 902 g/mol. The number of fused-ring (bicyclic) bond motifs is 1. The van der Waals surface area contributed by atoms with Crippen LogP contribution in [0.3, 0.4) is 0 Å². The summed E-state index contributed by atoms with van der Waals surface area (Å²) >= 11 is 0. The Labute approximate surface area is 382 Å². The smallest absolute Gasteiger partial charge is 0.407 e. The zero-order valence-corrected chi connectivity index (χ0v) is 37.8. The number of ether oxygens (including phenoxy) is 2. The lowest BCUT2D eigenvalue weighted by atomic mass is 10.0. The predicted octanol–water partition coefficient (Wildman–Crippen LogP) is 6.98. The van der Waals surface area contributed by atoms with E-state index in [0.29, 0.717) is 30.4 Å². The third-order valence-corrected chi connectivity index (χ3v) is 12.7. The highest BCUT2D eigenvalue weighted by molar-refractivity contribution is 5.88. The number of hydrogen-bond donors (Lipinski definition) is 4. The van der Waals surface area contributed by atoms with Crippen LogP contribution in [-0.4, -0.2) is 116 Å². The summed E-state index contributed by atoms with van der Waals surface area (Å²) in [5.41, 5.74) is 6.93. The number of aromatic amines is 2. The Morgan fingerprint density at radius 3 is 1.70 bits per heavy atom. The van der Waals surface area contributed by atoms with Crippen molar-refractivity contribution in [3.63, 3.8) is 0 Å². The van der Waals surface area contributed by atoms with Crippen LogP contribution < -0.4 is 10.6 Å². The summed E-state index contributed by atoms with van der Waals surface area (Å²) in [6.45, 7) is 8.65. The number of urea groups is 1. The quantitative estimate of drug-likeness (QED) is 0.108. The first-order valence-electron chi connectivity index (χ1n) is 22.1. The summed E-state index contributed by atoms with van der Waals surface area (Å²) in [6, 6.07) is 17.8. The molecular weight excluding hydrogens is 848 g/mol. The van der Waals surface area contributed by atoms with Crippen LogP contribution in [0.1, 0.15) is 75.4 Å². The maximum atomic E-state index is 14.2. The van der Waals surface area contributed by atoms with Crippen LogP contribution in [0.2, 0.25) is 0 Å². The van der Waals surface area contributed by atoms with Crippen molar-refractivity contribution in [1.29, 1.82) is 0 Å². The van der Waals surface area contributed by atoms with Crippen molar-refractivity contribution < 1.29 is 37.8 Å². The van der Waals surface area contributed by atoms with Gasteiger partial charge in [-0.1, -0.05) is 82.3 Å². The first-order valence-corrected chi connectivity index (χ1v) is 22.1. The number of hydrogen-bond acceptors (Lipinski definition) is 9. The number of methoxy groups -OCH3 is 2. The molecule has 0 spiro atoms. The first kappa shape index (κ1) is 45.3. The van der Waals surface area contributed by atoms with Gasteiger partial charge >= 0.3 is 18.2 Å². The SMILES string of the molecule is COC(=O)N[C@H](C(=O)N1CN(C(=O)N2Cc3ccc(F)cc3C2)CC1c1ncc(-c2ccc(-c3ccc(-c4cnc([C@@H]5CCCN5C(=O)[C@@H](NC(=O)OC)C(C)C)[nH]4)cc3)cc2)[nH]1)C(C)C. The number of nitrogens with zero attached hydrogens (tertiary/aromatic N) is 6. The molecular formula is C48H55FN10O7. The Hall–Kier alpha value is -7.24. The molecule has 6 amide bonds. The Morgan fingerprint density at radius 1 is 0.667 bits per heavy atom. The fourth-order valence-electron chi connectivity index (χ4n) is 9.00. The number of carbonyl (C=O) groups excluding carboxylic acids is 5. The summed E-state index contributed by atoms with van der Waals surface area (Å²) in [5.74, 6) is -0.166. The molecule has 4 N–H and O–H groups in total. The van der Waals surface area contributed by atoms with Crippen LogP contribution in [0.5, 0.6) is 0 Å². The van der Waals surface area contributed by atoms with Crippen molar-refractivity contribution in [2.75, 3.05) is 34.0 Å². The standard InChI is InChI=1S/C48H55FN10O7/c1-27(2)40(54-46(62)65-5)44(60)58-19-7-8-38(58)42-50-21-36(52-42)31-13-9-29(10-14-31)30-11-15-32(16-12-30)37-22-51-43(53-37)39-25-57(26-59(39)45(61)41(28(3)4)55-47(63)66-6)48(64)56-23-33-17-18-35(49)20-34(33)24-56/h9-18,20-22,27-28,38-41H,7-8,19,23-26H2,1-6H3,(H,50,52)(H,51,53)(H,54,62)(H,55,63)/t38-,39?,40-,41-/m0/s1. The topological polar surface area (TPSA) is 198 Å². The zero-order chi connectivity index (χ0) is 46.8. The molecule has 2 aromatic heterocycles. The average molecular weight is 903 g/mol. The fraction of sp³-hybridized carbons (Fsp3) is 0.396. The molecule has 2 fully saturated rings. The number of benzene rings is 3. The largest absolute Gasteiger partial charge is 0.453 e. The molecule has 3 aromatic carbocycles. The number of halogens is 1. The molecule has 5 aromatic rings. The number of amides is 6. The van der Waals surface area contributed by atoms with Gasteiger partial charge in [0.25, 0.3) is 0 Å². The van der Waals surface area contributed by atoms with Crippen molar-refractivity contribution >= 4 is 30.0 Å². The highest BCUT2D eigenvalue weighted by Crippen LogP contribution is 2.35. The van der Waals surface area contributed by atoms with Crippen LogP contribution in [0.15, 0.2) is 79.1 Å². The van der Waals surface area contributed by atoms with Crippen molar-refractivity contribution in [3.8, 4) is 33.6 Å². The molecule has 0 radical (unpaired) electrons. The lowest BCUT2D eigenvalue weighted by Gasteiger charge is -2.30. The molecule has 1 unspecified atom stereocenters. The second-order valence-corrected chi connectivity index (χ2v) is 17.7. The molecule has 8 rings (SSSR count). The van der Waals surface area contributed by atoms with Gasteiger partial charge in [-0.2, -0.15) is 0 Å². The second-order valence-electron chi connectivity index (χ2n) is 17.7. The summed E-state index contributed by atoms with van der Waals surface area (Å²) in [4.78, 5) is 88.9. The van der Waals surface area contributed by atoms with Crippen LogP contribution >= 0.6 is 0 Å². The summed E-state index contributed by atoms with van der Waals surface area (Å²) < 4.78 is 23.6. The highest BCUT2D eigenvalue weighted by Gasteiger charge is 2.44. The molecule has 3 aliphatic rings. The maximum Gasteiger partial charge on any atom is 0.407 e. The first-order chi connectivity index (χ1) is 31.7. The van der Waals surface area contributed by atoms with Crippen LogP contribution in [0.25, 0.3) is 33.6 Å². The maximum absolute atomic E-state index is 14.2. The van der Waals surface area contributed by atoms with E-state index in [0.717, 1.165) is 51.9 Å². The Kier molecular flexibility index (Phi) is 13.1. The molecule has 17 nitrogen and oxygen atoms in total. The second kappa shape index (κ2) is 19.1. The van der Waals surface area contributed by atoms with Gasteiger partial charge in [0.2, 0.25) is 11.8 Å². The number of rotatable bonds is 11. The molecule has 0 saturated carbocycles. The fourth-order valence-corrected chi connectivity index (χ4v) is 9.00. The van der Waals surface area contributed by atoms with E-state index in [1.54, 1.807) is 38.1 Å². The number of alkyl carbamates (subject to hydrolysis) is 2. The van der Waals surface area contributed by atoms with E-state index >= 15 is 0 Å². The Bertz CT molecular complexity index is 2590. The van der Waals surface area contributed by atoms with Crippen LogP contribution in [0, 0.1) is 17.7 Å². The summed E-state index contributed by atoms with van der Waals surface area (Å²) in [5, 5.41) is 5.35. The van der Waals surface area contributed by atoms with Gasteiger partial charge in [0.15, 0.2) is 0 Å². The highest BCUT2D eigenvalue weighted by atomic mass is 19.1. The molecule has 3 aliphatic heterocycles. The average Bonchev–Trinajstić information content (AvgIpc) is 4.18.